The smallest absolute Gasteiger partial charge is 0.243 e. The maximum atomic E-state index is 13.1. The molecule has 6 N–H and O–H groups in total. The number of benzene rings is 3. The largest absolute Gasteiger partial charge is 0.489 e. The molecule has 8 heteroatoms. The summed E-state index contributed by atoms with van der Waals surface area (Å²) in [4.78, 5) is 37.0. The third kappa shape index (κ3) is 9.37. The van der Waals surface area contributed by atoms with Crippen LogP contribution in [0.5, 0.6) is 5.75 Å². The number of carbonyl (C=O) groups excluding carboxylic acids is 3. The summed E-state index contributed by atoms with van der Waals surface area (Å²) in [5.41, 5.74) is 14.8. The Kier molecular flexibility index (Phi) is 10.9. The second-order valence-electron chi connectivity index (χ2n) is 9.32. The van der Waals surface area contributed by atoms with Crippen LogP contribution in [0.3, 0.4) is 0 Å². The van der Waals surface area contributed by atoms with Gasteiger partial charge in [-0.3, -0.25) is 14.4 Å². The van der Waals surface area contributed by atoms with Crippen LogP contribution >= 0.6 is 0 Å². The van der Waals surface area contributed by atoms with Crippen molar-refractivity contribution in [2.75, 3.05) is 0 Å². The Labute approximate surface area is 223 Å². The second kappa shape index (κ2) is 14.5. The summed E-state index contributed by atoms with van der Waals surface area (Å²) < 4.78 is 5.85. The molecule has 3 amide bonds. The molecule has 8 nitrogen and oxygen atoms in total. The summed E-state index contributed by atoms with van der Waals surface area (Å²) in [7, 11) is 0. The van der Waals surface area contributed by atoms with Crippen LogP contribution in [-0.4, -0.2) is 23.8 Å². The molecular weight excluding hydrogens is 480 g/mol. The molecule has 2 atom stereocenters. The van der Waals surface area contributed by atoms with Gasteiger partial charge in [0.05, 0.1) is 0 Å². The quantitative estimate of drug-likeness (QED) is 0.261. The minimum Gasteiger partial charge on any atom is -0.489 e. The van der Waals surface area contributed by atoms with Gasteiger partial charge in [0.1, 0.15) is 18.4 Å². The van der Waals surface area contributed by atoms with Crippen LogP contribution in [0.1, 0.15) is 42.0 Å². The van der Waals surface area contributed by atoms with Gasteiger partial charge in [-0.25, -0.2) is 0 Å². The molecule has 0 fully saturated rings. The van der Waals surface area contributed by atoms with Crippen molar-refractivity contribution in [2.45, 2.75) is 51.9 Å². The Morgan fingerprint density at radius 2 is 1.47 bits per heavy atom. The van der Waals surface area contributed by atoms with E-state index in [-0.39, 0.29) is 18.2 Å². The van der Waals surface area contributed by atoms with Gasteiger partial charge in [0.2, 0.25) is 17.7 Å². The Morgan fingerprint density at radius 3 is 2.11 bits per heavy atom. The molecule has 38 heavy (non-hydrogen) atoms. The average Bonchev–Trinajstić information content (AvgIpc) is 2.94. The first-order chi connectivity index (χ1) is 18.3. The molecule has 0 aliphatic rings. The summed E-state index contributed by atoms with van der Waals surface area (Å²) >= 11 is 0. The SMILES string of the molecule is CC(CCC(=O)NC(Cc1ccc(OCc2ccccc2)cc1)C(=O)NCc1ccc(CN)cc1)C(N)=O. The zero-order chi connectivity index (χ0) is 27.3. The first-order valence-electron chi connectivity index (χ1n) is 12.7. The number of amides is 3. The highest BCUT2D eigenvalue weighted by atomic mass is 16.5. The molecule has 0 radical (unpaired) electrons. The van der Waals surface area contributed by atoms with E-state index in [1.165, 1.54) is 0 Å². The fraction of sp³-hybridized carbons (Fsp3) is 0.300. The zero-order valence-electron chi connectivity index (χ0n) is 21.7. The number of ether oxygens (including phenoxy) is 1. The molecule has 0 saturated heterocycles. The van der Waals surface area contributed by atoms with Gasteiger partial charge in [0, 0.05) is 31.8 Å². The molecule has 3 aromatic carbocycles. The third-order valence-electron chi connectivity index (χ3n) is 6.28. The van der Waals surface area contributed by atoms with Gasteiger partial charge in [-0.1, -0.05) is 73.7 Å². The fourth-order valence-corrected chi connectivity index (χ4v) is 3.77. The monoisotopic (exact) mass is 516 g/mol. The predicted molar refractivity (Wildman–Crippen MR) is 147 cm³/mol. The Morgan fingerprint density at radius 1 is 0.842 bits per heavy atom. The predicted octanol–water partition coefficient (Wildman–Crippen LogP) is 2.97. The van der Waals surface area contributed by atoms with E-state index < -0.39 is 17.9 Å². The Balaban J connectivity index is 1.62. The molecule has 0 saturated carbocycles. The maximum absolute atomic E-state index is 13.1. The van der Waals surface area contributed by atoms with Gasteiger partial charge < -0.3 is 26.8 Å². The van der Waals surface area contributed by atoms with E-state index in [1.807, 2.05) is 78.9 Å². The van der Waals surface area contributed by atoms with E-state index in [2.05, 4.69) is 10.6 Å². The molecule has 0 spiro atoms. The molecule has 0 heterocycles. The van der Waals surface area contributed by atoms with E-state index in [0.29, 0.717) is 38.3 Å². The lowest BCUT2D eigenvalue weighted by atomic mass is 10.0. The molecular formula is C30H36N4O4. The van der Waals surface area contributed by atoms with Crippen molar-refractivity contribution in [3.63, 3.8) is 0 Å². The van der Waals surface area contributed by atoms with E-state index in [9.17, 15) is 14.4 Å². The summed E-state index contributed by atoms with van der Waals surface area (Å²) in [6.07, 6.45) is 0.713. The van der Waals surface area contributed by atoms with E-state index in [4.69, 9.17) is 16.2 Å². The van der Waals surface area contributed by atoms with E-state index in [0.717, 1.165) is 22.3 Å². The van der Waals surface area contributed by atoms with Gasteiger partial charge >= 0.3 is 0 Å². The second-order valence-corrected chi connectivity index (χ2v) is 9.32. The van der Waals surface area contributed by atoms with Crippen molar-refractivity contribution in [2.24, 2.45) is 17.4 Å². The molecule has 2 unspecified atom stereocenters. The first-order valence-corrected chi connectivity index (χ1v) is 12.7. The van der Waals surface area contributed by atoms with Crippen molar-refractivity contribution in [1.29, 1.82) is 0 Å². The number of nitrogens with one attached hydrogen (secondary N) is 2. The lowest BCUT2D eigenvalue weighted by molar-refractivity contribution is -0.129. The highest BCUT2D eigenvalue weighted by molar-refractivity contribution is 5.88. The summed E-state index contributed by atoms with van der Waals surface area (Å²) in [5.74, 6) is -0.777. The fourth-order valence-electron chi connectivity index (χ4n) is 3.77. The number of hydrogen-bond donors (Lipinski definition) is 4. The molecule has 0 aromatic heterocycles. The number of nitrogens with two attached hydrogens (primary N) is 2. The van der Waals surface area contributed by atoms with Crippen LogP contribution in [0.25, 0.3) is 0 Å². The van der Waals surface area contributed by atoms with Gasteiger partial charge in [0.15, 0.2) is 0 Å². The number of rotatable bonds is 14. The van der Waals surface area contributed by atoms with Crippen molar-refractivity contribution < 1.29 is 19.1 Å². The summed E-state index contributed by atoms with van der Waals surface area (Å²) in [6.45, 7) is 2.90. The van der Waals surface area contributed by atoms with Gasteiger partial charge in [-0.2, -0.15) is 0 Å². The van der Waals surface area contributed by atoms with Crippen LogP contribution in [-0.2, 0) is 40.5 Å². The van der Waals surface area contributed by atoms with Gasteiger partial charge in [0.25, 0.3) is 0 Å². The van der Waals surface area contributed by atoms with Crippen LogP contribution < -0.4 is 26.8 Å². The number of hydrogen-bond acceptors (Lipinski definition) is 5. The molecule has 0 aliphatic carbocycles. The normalized spacial score (nSPS) is 12.3. The number of primary amides is 1. The molecule has 200 valence electrons. The standard InChI is InChI=1S/C30H36N4O4/c1-21(29(32)36)7-16-28(35)34-27(30(37)33-19-24-10-8-23(18-31)9-11-24)17-22-12-14-26(15-13-22)38-20-25-5-3-2-4-6-25/h2-6,8-15,21,27H,7,16-20,31H2,1H3,(H2,32,36)(H,33,37)(H,34,35). The van der Waals surface area contributed by atoms with Crippen LogP contribution in [0.4, 0.5) is 0 Å². The van der Waals surface area contributed by atoms with Crippen molar-refractivity contribution in [1.82, 2.24) is 10.6 Å². The van der Waals surface area contributed by atoms with Crippen LogP contribution in [0, 0.1) is 5.92 Å². The molecule has 3 rings (SSSR count). The first kappa shape index (κ1) is 28.4. The van der Waals surface area contributed by atoms with Gasteiger partial charge in [-0.05, 0) is 40.8 Å². The maximum Gasteiger partial charge on any atom is 0.243 e. The van der Waals surface area contributed by atoms with Crippen LogP contribution in [0.15, 0.2) is 78.9 Å². The van der Waals surface area contributed by atoms with E-state index in [1.54, 1.807) is 6.92 Å². The molecule has 0 aliphatic heterocycles. The molecule has 3 aromatic rings. The Hall–Kier alpha value is -4.17. The Bertz CT molecular complexity index is 1180. The molecule has 0 bridgehead atoms. The summed E-state index contributed by atoms with van der Waals surface area (Å²) in [6, 6.07) is 24.2. The van der Waals surface area contributed by atoms with Gasteiger partial charge in [-0.15, -0.1) is 0 Å². The minimum absolute atomic E-state index is 0.0979. The third-order valence-corrected chi connectivity index (χ3v) is 6.28. The topological polar surface area (TPSA) is 137 Å². The summed E-state index contributed by atoms with van der Waals surface area (Å²) in [5, 5.41) is 5.74. The average molecular weight is 517 g/mol. The lowest BCUT2D eigenvalue weighted by Crippen LogP contribution is -2.48. The highest BCUT2D eigenvalue weighted by Crippen LogP contribution is 2.16. The number of carbonyl (C=O) groups is 3. The van der Waals surface area contributed by atoms with Crippen molar-refractivity contribution in [3.05, 3.63) is 101 Å². The van der Waals surface area contributed by atoms with Crippen LogP contribution in [0.2, 0.25) is 0 Å². The lowest BCUT2D eigenvalue weighted by Gasteiger charge is -2.19. The highest BCUT2D eigenvalue weighted by Gasteiger charge is 2.22. The van der Waals surface area contributed by atoms with Crippen molar-refractivity contribution in [3.8, 4) is 5.75 Å². The zero-order valence-corrected chi connectivity index (χ0v) is 21.7. The van der Waals surface area contributed by atoms with E-state index >= 15 is 0 Å². The minimum atomic E-state index is -0.786. The van der Waals surface area contributed by atoms with Crippen molar-refractivity contribution >= 4 is 17.7 Å².